The van der Waals surface area contributed by atoms with Crippen LogP contribution >= 0.6 is 0 Å². The normalized spacial score (nSPS) is 17.2. The van der Waals surface area contributed by atoms with Gasteiger partial charge in [-0.1, -0.05) is 60.2 Å². The Hall–Kier alpha value is -2.92. The van der Waals surface area contributed by atoms with E-state index in [1.54, 1.807) is 7.05 Å². The van der Waals surface area contributed by atoms with Crippen LogP contribution in [0.25, 0.3) is 0 Å². The molecule has 5 heteroatoms. The van der Waals surface area contributed by atoms with Gasteiger partial charge in [-0.15, -0.1) is 0 Å². The van der Waals surface area contributed by atoms with Crippen LogP contribution in [-0.4, -0.2) is 34.0 Å². The Morgan fingerprint density at radius 2 is 1.77 bits per heavy atom. The van der Waals surface area contributed by atoms with Crippen LogP contribution in [0.4, 0.5) is 0 Å². The molecule has 0 aliphatic carbocycles. The highest BCUT2D eigenvalue weighted by molar-refractivity contribution is 5.83. The third kappa shape index (κ3) is 4.28. The van der Waals surface area contributed by atoms with Gasteiger partial charge in [-0.25, -0.2) is 4.98 Å². The SMILES string of the molecule is CNC(=O)[C@@H](c1ccccc1)N1CCn2c(C)nc(C)c2C1CCc1ccc(C)cc1. The number of rotatable bonds is 6. The molecule has 2 aromatic carbocycles. The van der Waals surface area contributed by atoms with Crippen molar-refractivity contribution in [1.29, 1.82) is 0 Å². The summed E-state index contributed by atoms with van der Waals surface area (Å²) in [5, 5.41) is 2.90. The minimum absolute atomic E-state index is 0.0360. The fourth-order valence-corrected chi connectivity index (χ4v) is 4.90. The molecule has 1 amide bonds. The van der Waals surface area contributed by atoms with Gasteiger partial charge in [0.1, 0.15) is 11.9 Å². The van der Waals surface area contributed by atoms with E-state index in [4.69, 9.17) is 4.98 Å². The van der Waals surface area contributed by atoms with Gasteiger partial charge >= 0.3 is 0 Å². The average molecular weight is 417 g/mol. The lowest BCUT2D eigenvalue weighted by molar-refractivity contribution is -0.128. The van der Waals surface area contributed by atoms with E-state index in [1.807, 2.05) is 18.2 Å². The Bertz CT molecular complexity index is 1040. The lowest BCUT2D eigenvalue weighted by Crippen LogP contribution is -2.46. The number of hydrogen-bond acceptors (Lipinski definition) is 3. The molecular weight excluding hydrogens is 384 g/mol. The van der Waals surface area contributed by atoms with E-state index < -0.39 is 0 Å². The number of carbonyl (C=O) groups excluding carboxylic acids is 1. The molecule has 0 radical (unpaired) electrons. The first-order chi connectivity index (χ1) is 15.0. The van der Waals surface area contributed by atoms with Gasteiger partial charge in [0.2, 0.25) is 5.91 Å². The number of carbonyl (C=O) groups is 1. The molecule has 3 aromatic rings. The van der Waals surface area contributed by atoms with Crippen molar-refractivity contribution in [3.8, 4) is 0 Å². The van der Waals surface area contributed by atoms with Crippen LogP contribution in [0.15, 0.2) is 54.6 Å². The second-order valence-electron chi connectivity index (χ2n) is 8.49. The fourth-order valence-electron chi connectivity index (χ4n) is 4.90. The number of aromatic nitrogens is 2. The number of amides is 1. The van der Waals surface area contributed by atoms with Crippen LogP contribution in [-0.2, 0) is 17.8 Å². The summed E-state index contributed by atoms with van der Waals surface area (Å²) in [6, 6.07) is 18.7. The molecule has 1 aliphatic rings. The number of aryl methyl sites for hydroxylation is 4. The van der Waals surface area contributed by atoms with Gasteiger partial charge in [-0.3, -0.25) is 9.69 Å². The van der Waals surface area contributed by atoms with Crippen molar-refractivity contribution in [3.63, 3.8) is 0 Å². The highest BCUT2D eigenvalue weighted by atomic mass is 16.2. The van der Waals surface area contributed by atoms with Gasteiger partial charge in [0.05, 0.1) is 17.4 Å². The first-order valence-electron chi connectivity index (χ1n) is 11.1. The number of likely N-dealkylation sites (N-methyl/N-ethyl adjacent to an activating group) is 1. The molecule has 1 N–H and O–H groups in total. The zero-order valence-electron chi connectivity index (χ0n) is 18.9. The van der Waals surface area contributed by atoms with Crippen LogP contribution in [0.1, 0.15) is 52.4 Å². The first kappa shape index (κ1) is 21.3. The van der Waals surface area contributed by atoms with Gasteiger partial charge in [-0.2, -0.15) is 0 Å². The molecule has 2 atom stereocenters. The molecule has 5 nitrogen and oxygen atoms in total. The molecular formula is C26H32N4O. The van der Waals surface area contributed by atoms with Gasteiger partial charge in [0, 0.05) is 20.1 Å². The van der Waals surface area contributed by atoms with Crippen LogP contribution in [0.3, 0.4) is 0 Å². The maximum Gasteiger partial charge on any atom is 0.241 e. The lowest BCUT2D eigenvalue weighted by atomic mass is 9.94. The number of benzene rings is 2. The molecule has 31 heavy (non-hydrogen) atoms. The third-order valence-corrected chi connectivity index (χ3v) is 6.45. The van der Waals surface area contributed by atoms with E-state index in [-0.39, 0.29) is 18.0 Å². The van der Waals surface area contributed by atoms with Crippen molar-refractivity contribution in [2.24, 2.45) is 0 Å². The number of imidazole rings is 1. The number of nitrogens with one attached hydrogen (secondary N) is 1. The molecule has 2 heterocycles. The summed E-state index contributed by atoms with van der Waals surface area (Å²) in [5.41, 5.74) is 5.95. The Labute approximate surface area is 185 Å². The molecule has 0 bridgehead atoms. The first-order valence-corrected chi connectivity index (χ1v) is 11.1. The maximum atomic E-state index is 13.1. The van der Waals surface area contributed by atoms with Gasteiger partial charge < -0.3 is 9.88 Å². The number of fused-ring (bicyclic) bond motifs is 1. The van der Waals surface area contributed by atoms with Crippen molar-refractivity contribution in [2.45, 2.75) is 52.2 Å². The summed E-state index contributed by atoms with van der Waals surface area (Å²) in [6.07, 6.45) is 1.90. The molecule has 162 valence electrons. The Balaban J connectivity index is 1.72. The molecule has 1 aliphatic heterocycles. The predicted molar refractivity (Wildman–Crippen MR) is 124 cm³/mol. The van der Waals surface area contributed by atoms with Crippen LogP contribution in [0.2, 0.25) is 0 Å². The monoisotopic (exact) mass is 416 g/mol. The summed E-state index contributed by atoms with van der Waals surface area (Å²) < 4.78 is 2.34. The summed E-state index contributed by atoms with van der Waals surface area (Å²) >= 11 is 0. The lowest BCUT2D eigenvalue weighted by Gasteiger charge is -2.41. The summed E-state index contributed by atoms with van der Waals surface area (Å²) in [5.74, 6) is 1.09. The standard InChI is InChI=1S/C26H32N4O/c1-18-10-12-21(13-11-18)14-15-23-24-19(2)28-20(3)29(24)16-17-30(23)25(26(31)27-4)22-8-6-5-7-9-22/h5-13,23,25H,14-17H2,1-4H3,(H,27,31)/t23?,25-/m1/s1. The maximum absolute atomic E-state index is 13.1. The second-order valence-corrected chi connectivity index (χ2v) is 8.49. The minimum atomic E-state index is -0.322. The van der Waals surface area contributed by atoms with Crippen molar-refractivity contribution < 1.29 is 4.79 Å². The minimum Gasteiger partial charge on any atom is -0.358 e. The van der Waals surface area contributed by atoms with E-state index in [0.717, 1.165) is 43.0 Å². The van der Waals surface area contributed by atoms with Crippen molar-refractivity contribution in [1.82, 2.24) is 19.8 Å². The Kier molecular flexibility index (Phi) is 6.23. The van der Waals surface area contributed by atoms with E-state index in [9.17, 15) is 4.79 Å². The van der Waals surface area contributed by atoms with Gasteiger partial charge in [0.15, 0.2) is 0 Å². The van der Waals surface area contributed by atoms with Crippen LogP contribution in [0, 0.1) is 20.8 Å². The quantitative estimate of drug-likeness (QED) is 0.652. The van der Waals surface area contributed by atoms with Crippen molar-refractivity contribution >= 4 is 5.91 Å². The highest BCUT2D eigenvalue weighted by Gasteiger charge is 2.38. The van der Waals surface area contributed by atoms with E-state index in [0.29, 0.717) is 0 Å². The van der Waals surface area contributed by atoms with Crippen LogP contribution in [0.5, 0.6) is 0 Å². The predicted octanol–water partition coefficient (Wildman–Crippen LogP) is 4.29. The largest absolute Gasteiger partial charge is 0.358 e. The molecule has 1 aromatic heterocycles. The third-order valence-electron chi connectivity index (χ3n) is 6.45. The van der Waals surface area contributed by atoms with E-state index >= 15 is 0 Å². The summed E-state index contributed by atoms with van der Waals surface area (Å²) in [4.78, 5) is 20.3. The molecule has 0 spiro atoms. The Morgan fingerprint density at radius 1 is 1.06 bits per heavy atom. The zero-order valence-corrected chi connectivity index (χ0v) is 18.9. The molecule has 0 saturated heterocycles. The van der Waals surface area contributed by atoms with Crippen LogP contribution < -0.4 is 5.32 Å². The average Bonchev–Trinajstić information content (AvgIpc) is 3.08. The van der Waals surface area contributed by atoms with Crippen molar-refractivity contribution in [2.75, 3.05) is 13.6 Å². The second kappa shape index (κ2) is 9.06. The van der Waals surface area contributed by atoms with E-state index in [2.05, 4.69) is 72.0 Å². The van der Waals surface area contributed by atoms with Crippen molar-refractivity contribution in [3.05, 3.63) is 88.5 Å². The molecule has 4 rings (SSSR count). The molecule has 1 unspecified atom stereocenters. The molecule has 0 fully saturated rings. The summed E-state index contributed by atoms with van der Waals surface area (Å²) in [7, 11) is 1.73. The molecule has 0 saturated carbocycles. The highest BCUT2D eigenvalue weighted by Crippen LogP contribution is 2.38. The fraction of sp³-hybridized carbons (Fsp3) is 0.385. The van der Waals surface area contributed by atoms with Gasteiger partial charge in [0.25, 0.3) is 0 Å². The van der Waals surface area contributed by atoms with E-state index in [1.165, 1.54) is 16.8 Å². The smallest absolute Gasteiger partial charge is 0.241 e. The Morgan fingerprint density at radius 3 is 2.45 bits per heavy atom. The number of nitrogens with zero attached hydrogens (tertiary/aromatic N) is 3. The number of hydrogen-bond donors (Lipinski definition) is 1. The zero-order chi connectivity index (χ0) is 22.0. The van der Waals surface area contributed by atoms with Gasteiger partial charge in [-0.05, 0) is 44.7 Å². The topological polar surface area (TPSA) is 50.2 Å². The summed E-state index contributed by atoms with van der Waals surface area (Å²) in [6.45, 7) is 7.96.